The molecule has 0 unspecified atom stereocenters. The Hall–Kier alpha value is -0.740. The Balaban J connectivity index is 2.59. The molecule has 0 aromatic heterocycles. The van der Waals surface area contributed by atoms with Crippen molar-refractivity contribution in [3.63, 3.8) is 0 Å². The van der Waals surface area contributed by atoms with Gasteiger partial charge in [0, 0.05) is 11.3 Å². The first kappa shape index (κ1) is 11.3. The quantitative estimate of drug-likeness (QED) is 0.617. The summed E-state index contributed by atoms with van der Waals surface area (Å²) in [5, 5.41) is 0. The molecule has 0 spiro atoms. The molecular weight excluding hydrogens is 214 g/mol. The van der Waals surface area contributed by atoms with E-state index >= 15 is 0 Å². The van der Waals surface area contributed by atoms with Gasteiger partial charge in [-0.25, -0.2) is 0 Å². The number of rotatable bonds is 5. The van der Waals surface area contributed by atoms with E-state index in [9.17, 15) is 0 Å². The zero-order valence-electron chi connectivity index (χ0n) is 8.03. The second-order valence-electron chi connectivity index (χ2n) is 2.73. The molecule has 1 aromatic carbocycles. The molecule has 0 aliphatic rings. The Labute approximate surface area is 93.8 Å². The molecule has 0 atom stereocenters. The highest BCUT2D eigenvalue weighted by atomic mass is 32.2. The lowest BCUT2D eigenvalue weighted by molar-refractivity contribution is 0.344. The number of ether oxygens (including phenoxy) is 1. The summed E-state index contributed by atoms with van der Waals surface area (Å²) in [6.07, 6.45) is 2.05. The van der Waals surface area contributed by atoms with E-state index in [0.29, 0.717) is 11.6 Å². The number of thiocarbonyl (C=S) groups is 1. The van der Waals surface area contributed by atoms with Gasteiger partial charge in [0.1, 0.15) is 10.7 Å². The molecule has 1 aromatic rings. The van der Waals surface area contributed by atoms with Crippen LogP contribution in [0, 0.1) is 0 Å². The van der Waals surface area contributed by atoms with Crippen LogP contribution in [-0.2, 0) is 0 Å². The molecule has 0 radical (unpaired) electrons. The van der Waals surface area contributed by atoms with Gasteiger partial charge in [0.15, 0.2) is 0 Å². The van der Waals surface area contributed by atoms with Crippen molar-refractivity contribution >= 4 is 29.0 Å². The van der Waals surface area contributed by atoms with Gasteiger partial charge in [-0.3, -0.25) is 0 Å². The fourth-order valence-corrected chi connectivity index (χ4v) is 1.36. The number of thioether (sulfide) groups is 1. The van der Waals surface area contributed by atoms with Crippen molar-refractivity contribution in [1.29, 1.82) is 0 Å². The fraction of sp³-hybridized carbons (Fsp3) is 0.300. The van der Waals surface area contributed by atoms with Gasteiger partial charge < -0.3 is 10.5 Å². The van der Waals surface area contributed by atoms with Crippen LogP contribution >= 0.6 is 24.0 Å². The Kier molecular flexibility index (Phi) is 4.76. The molecule has 4 heteroatoms. The smallest absolute Gasteiger partial charge is 0.120 e. The topological polar surface area (TPSA) is 35.2 Å². The maximum Gasteiger partial charge on any atom is 0.120 e. The van der Waals surface area contributed by atoms with Crippen molar-refractivity contribution in [2.75, 3.05) is 18.6 Å². The van der Waals surface area contributed by atoms with Gasteiger partial charge in [-0.05, 0) is 18.4 Å². The third-order valence-corrected chi connectivity index (χ3v) is 2.49. The summed E-state index contributed by atoms with van der Waals surface area (Å²) in [5.41, 5.74) is 6.36. The van der Waals surface area contributed by atoms with Gasteiger partial charge in [0.25, 0.3) is 0 Å². The molecule has 2 N–H and O–H groups in total. The van der Waals surface area contributed by atoms with E-state index in [0.717, 1.165) is 17.1 Å². The van der Waals surface area contributed by atoms with E-state index in [2.05, 4.69) is 6.26 Å². The minimum Gasteiger partial charge on any atom is -0.493 e. The summed E-state index contributed by atoms with van der Waals surface area (Å²) in [5.74, 6) is 1.81. The molecule has 1 rings (SSSR count). The zero-order chi connectivity index (χ0) is 10.4. The van der Waals surface area contributed by atoms with Crippen LogP contribution in [0.5, 0.6) is 5.75 Å². The summed E-state index contributed by atoms with van der Waals surface area (Å²) in [6.45, 7) is 0.710. The van der Waals surface area contributed by atoms with E-state index in [1.54, 1.807) is 11.8 Å². The summed E-state index contributed by atoms with van der Waals surface area (Å²) in [6, 6.07) is 7.54. The zero-order valence-corrected chi connectivity index (χ0v) is 9.66. The van der Waals surface area contributed by atoms with Crippen molar-refractivity contribution in [3.05, 3.63) is 29.8 Å². The van der Waals surface area contributed by atoms with Crippen molar-refractivity contribution < 1.29 is 4.74 Å². The largest absolute Gasteiger partial charge is 0.493 e. The Morgan fingerprint density at radius 3 is 3.00 bits per heavy atom. The highest BCUT2D eigenvalue weighted by molar-refractivity contribution is 7.98. The molecule has 2 nitrogen and oxygen atoms in total. The summed E-state index contributed by atoms with van der Waals surface area (Å²) in [4.78, 5) is 0.403. The van der Waals surface area contributed by atoms with Crippen LogP contribution in [-0.4, -0.2) is 23.6 Å². The monoisotopic (exact) mass is 227 g/mol. The second kappa shape index (κ2) is 5.88. The molecular formula is C10H13NOS2. The molecule has 76 valence electrons. The normalized spacial score (nSPS) is 9.79. The first-order chi connectivity index (χ1) is 6.74. The first-order valence-electron chi connectivity index (χ1n) is 4.25. The Bertz CT molecular complexity index is 315. The van der Waals surface area contributed by atoms with Crippen LogP contribution in [0.3, 0.4) is 0 Å². The van der Waals surface area contributed by atoms with E-state index < -0.39 is 0 Å². The lowest BCUT2D eigenvalue weighted by atomic mass is 10.2. The van der Waals surface area contributed by atoms with Gasteiger partial charge in [-0.1, -0.05) is 24.4 Å². The van der Waals surface area contributed by atoms with E-state index in [-0.39, 0.29) is 0 Å². The Morgan fingerprint density at radius 2 is 2.36 bits per heavy atom. The first-order valence-corrected chi connectivity index (χ1v) is 6.06. The molecule has 0 fully saturated rings. The van der Waals surface area contributed by atoms with Gasteiger partial charge in [0.2, 0.25) is 0 Å². The maximum absolute atomic E-state index is 5.51. The highest BCUT2D eigenvalue weighted by Gasteiger charge is 1.98. The molecule has 0 saturated carbocycles. The highest BCUT2D eigenvalue weighted by Crippen LogP contribution is 2.13. The average Bonchev–Trinajstić information content (AvgIpc) is 2.19. The van der Waals surface area contributed by atoms with Crippen LogP contribution < -0.4 is 10.5 Å². The fourth-order valence-electron chi connectivity index (χ4n) is 0.982. The van der Waals surface area contributed by atoms with Gasteiger partial charge in [0.05, 0.1) is 6.61 Å². The second-order valence-corrected chi connectivity index (χ2v) is 4.16. The summed E-state index contributed by atoms with van der Waals surface area (Å²) in [7, 11) is 0. The summed E-state index contributed by atoms with van der Waals surface area (Å²) >= 11 is 6.63. The Morgan fingerprint density at radius 1 is 1.57 bits per heavy atom. The van der Waals surface area contributed by atoms with Gasteiger partial charge >= 0.3 is 0 Å². The van der Waals surface area contributed by atoms with Crippen LogP contribution in [0.2, 0.25) is 0 Å². The molecule has 14 heavy (non-hydrogen) atoms. The molecule has 0 heterocycles. The SMILES string of the molecule is CSCCOc1cccc(C(N)=S)c1. The minimum atomic E-state index is 0.403. The standard InChI is InChI=1S/C10H13NOS2/c1-14-6-5-12-9-4-2-3-8(7-9)10(11)13/h2-4,7H,5-6H2,1H3,(H2,11,13). The predicted octanol–water partition coefficient (Wildman–Crippen LogP) is 2.06. The summed E-state index contributed by atoms with van der Waals surface area (Å²) < 4.78 is 5.50. The predicted molar refractivity (Wildman–Crippen MR) is 66.2 cm³/mol. The van der Waals surface area contributed by atoms with E-state index in [1.807, 2.05) is 24.3 Å². The molecule has 0 aliphatic carbocycles. The molecule has 0 bridgehead atoms. The van der Waals surface area contributed by atoms with Gasteiger partial charge in [-0.15, -0.1) is 0 Å². The lowest BCUT2D eigenvalue weighted by Crippen LogP contribution is -2.09. The van der Waals surface area contributed by atoms with Crippen LogP contribution in [0.15, 0.2) is 24.3 Å². The van der Waals surface area contributed by atoms with E-state index in [4.69, 9.17) is 22.7 Å². The number of benzene rings is 1. The van der Waals surface area contributed by atoms with Crippen LogP contribution in [0.4, 0.5) is 0 Å². The lowest BCUT2D eigenvalue weighted by Gasteiger charge is -2.06. The van der Waals surface area contributed by atoms with Crippen molar-refractivity contribution in [3.8, 4) is 5.75 Å². The number of hydrogen-bond donors (Lipinski definition) is 1. The van der Waals surface area contributed by atoms with Gasteiger partial charge in [-0.2, -0.15) is 11.8 Å². The minimum absolute atomic E-state index is 0.403. The van der Waals surface area contributed by atoms with Crippen LogP contribution in [0.25, 0.3) is 0 Å². The molecule has 0 aliphatic heterocycles. The van der Waals surface area contributed by atoms with E-state index in [1.165, 1.54) is 0 Å². The van der Waals surface area contributed by atoms with Crippen molar-refractivity contribution in [1.82, 2.24) is 0 Å². The van der Waals surface area contributed by atoms with Crippen molar-refractivity contribution in [2.45, 2.75) is 0 Å². The maximum atomic E-state index is 5.51. The average molecular weight is 227 g/mol. The molecule has 0 saturated heterocycles. The third kappa shape index (κ3) is 3.55. The van der Waals surface area contributed by atoms with Crippen molar-refractivity contribution in [2.24, 2.45) is 5.73 Å². The number of hydrogen-bond acceptors (Lipinski definition) is 3. The molecule has 0 amide bonds. The number of nitrogens with two attached hydrogens (primary N) is 1. The van der Waals surface area contributed by atoms with Crippen LogP contribution in [0.1, 0.15) is 5.56 Å². The third-order valence-electron chi connectivity index (χ3n) is 1.67.